The van der Waals surface area contributed by atoms with Crippen LogP contribution in [0.5, 0.6) is 0 Å². The van der Waals surface area contributed by atoms with Gasteiger partial charge in [0.25, 0.3) is 0 Å². The zero-order valence-corrected chi connectivity index (χ0v) is 5.99. The van der Waals surface area contributed by atoms with Gasteiger partial charge in [0.05, 0.1) is 0 Å². The molecule has 2 aromatic rings. The first-order valence-electron chi connectivity index (χ1n) is 2.66. The summed E-state index contributed by atoms with van der Waals surface area (Å²) in [5.74, 6) is 0. The van der Waals surface area contributed by atoms with Gasteiger partial charge >= 0.3 is 0 Å². The fourth-order valence-electron chi connectivity index (χ4n) is 0.363. The summed E-state index contributed by atoms with van der Waals surface area (Å²) in [6.07, 6.45) is 2.53. The van der Waals surface area contributed by atoms with Crippen LogP contribution in [-0.4, -0.2) is 10.2 Å². The Morgan fingerprint density at radius 2 is 1.60 bits per heavy atom. The van der Waals surface area contributed by atoms with Crippen molar-refractivity contribution in [3.05, 3.63) is 35.7 Å². The van der Waals surface area contributed by atoms with Crippen LogP contribution in [0.1, 0.15) is 0 Å². The summed E-state index contributed by atoms with van der Waals surface area (Å²) < 4.78 is 4.36. The van der Waals surface area contributed by atoms with Crippen molar-refractivity contribution in [1.82, 2.24) is 10.2 Å². The zero-order valence-electron chi connectivity index (χ0n) is 5.18. The third-order valence-corrected chi connectivity index (χ3v) is 1.34. The van der Waals surface area contributed by atoms with Crippen LogP contribution in [0.25, 0.3) is 0 Å². The smallest absolute Gasteiger partial charge is 0.203 e. The van der Waals surface area contributed by atoms with Gasteiger partial charge in [-0.3, -0.25) is 0 Å². The van der Waals surface area contributed by atoms with E-state index in [9.17, 15) is 0 Å². The molecule has 4 heteroatoms. The molecular formula is C6H6N2OS. The molecule has 2 aromatic heterocycles. The van der Waals surface area contributed by atoms with Gasteiger partial charge in [-0.25, -0.2) is 0 Å². The Kier molecular flexibility index (Phi) is 3.26. The van der Waals surface area contributed by atoms with Crippen molar-refractivity contribution >= 4 is 11.3 Å². The highest BCUT2D eigenvalue weighted by molar-refractivity contribution is 7.07. The van der Waals surface area contributed by atoms with Gasteiger partial charge < -0.3 is 4.42 Å². The van der Waals surface area contributed by atoms with Crippen molar-refractivity contribution in [2.45, 2.75) is 0 Å². The summed E-state index contributed by atoms with van der Waals surface area (Å²) in [5.41, 5.74) is 0. The second kappa shape index (κ2) is 4.69. The second-order valence-corrected chi connectivity index (χ2v) is 2.19. The first-order chi connectivity index (χ1) is 5.00. The Balaban J connectivity index is 0.0000001000. The number of hydrogen-bond acceptors (Lipinski definition) is 4. The van der Waals surface area contributed by atoms with E-state index >= 15 is 0 Å². The van der Waals surface area contributed by atoms with Crippen molar-refractivity contribution < 1.29 is 4.42 Å². The summed E-state index contributed by atoms with van der Waals surface area (Å²) in [7, 11) is 0. The van der Waals surface area contributed by atoms with Crippen LogP contribution in [0, 0.1) is 0 Å². The molecule has 0 aliphatic heterocycles. The molecule has 0 aliphatic carbocycles. The van der Waals surface area contributed by atoms with E-state index in [1.807, 2.05) is 22.9 Å². The number of rotatable bonds is 0. The van der Waals surface area contributed by atoms with Gasteiger partial charge in [-0.15, -0.1) is 10.2 Å². The molecule has 0 atom stereocenters. The van der Waals surface area contributed by atoms with Crippen LogP contribution in [-0.2, 0) is 0 Å². The molecule has 52 valence electrons. The summed E-state index contributed by atoms with van der Waals surface area (Å²) in [5, 5.41) is 10.7. The minimum absolute atomic E-state index is 1.26. The van der Waals surface area contributed by atoms with Crippen LogP contribution in [0.3, 0.4) is 0 Å². The summed E-state index contributed by atoms with van der Waals surface area (Å²) in [6, 6.07) is 4.04. The summed E-state index contributed by atoms with van der Waals surface area (Å²) >= 11 is 1.71. The molecule has 0 saturated carbocycles. The Morgan fingerprint density at radius 3 is 1.80 bits per heavy atom. The lowest BCUT2D eigenvalue weighted by atomic mass is 10.7. The van der Waals surface area contributed by atoms with E-state index in [1.165, 1.54) is 12.8 Å². The van der Waals surface area contributed by atoms with Gasteiger partial charge in [0, 0.05) is 0 Å². The summed E-state index contributed by atoms with van der Waals surface area (Å²) in [6.45, 7) is 0. The molecule has 0 spiro atoms. The average Bonchev–Trinajstić information content (AvgIpc) is 2.67. The highest BCUT2D eigenvalue weighted by Gasteiger charge is 1.60. The number of nitrogens with zero attached hydrogens (tertiary/aromatic N) is 2. The third-order valence-electron chi connectivity index (χ3n) is 0.708. The monoisotopic (exact) mass is 154 g/mol. The van der Waals surface area contributed by atoms with Gasteiger partial charge in [0.15, 0.2) is 0 Å². The SMILES string of the molecule is c1ccsc1.c1nnco1. The van der Waals surface area contributed by atoms with Crippen molar-refractivity contribution in [3.63, 3.8) is 0 Å². The Morgan fingerprint density at radius 1 is 1.00 bits per heavy atom. The van der Waals surface area contributed by atoms with Gasteiger partial charge in [-0.1, -0.05) is 12.1 Å². The zero-order chi connectivity index (χ0) is 7.07. The van der Waals surface area contributed by atoms with Crippen molar-refractivity contribution in [2.75, 3.05) is 0 Å². The van der Waals surface area contributed by atoms with Crippen LogP contribution < -0.4 is 0 Å². The maximum absolute atomic E-state index is 4.36. The molecule has 0 saturated heterocycles. The van der Waals surface area contributed by atoms with E-state index in [4.69, 9.17) is 0 Å². The van der Waals surface area contributed by atoms with Crippen molar-refractivity contribution in [2.24, 2.45) is 0 Å². The minimum atomic E-state index is 1.26. The molecule has 2 heterocycles. The van der Waals surface area contributed by atoms with E-state index in [2.05, 4.69) is 14.6 Å². The molecule has 0 fully saturated rings. The Labute approximate surface area is 62.3 Å². The Bertz CT molecular complexity index is 155. The molecule has 2 rings (SSSR count). The van der Waals surface area contributed by atoms with E-state index in [1.54, 1.807) is 11.3 Å². The van der Waals surface area contributed by atoms with Crippen molar-refractivity contribution in [1.29, 1.82) is 0 Å². The Hall–Kier alpha value is -1.16. The molecular weight excluding hydrogens is 148 g/mol. The lowest BCUT2D eigenvalue weighted by Crippen LogP contribution is -1.53. The third kappa shape index (κ3) is 2.99. The maximum Gasteiger partial charge on any atom is 0.203 e. The fourth-order valence-corrected chi connectivity index (χ4v) is 0.816. The highest BCUT2D eigenvalue weighted by Crippen LogP contribution is 1.91. The predicted octanol–water partition coefficient (Wildman–Crippen LogP) is 1.82. The molecule has 10 heavy (non-hydrogen) atoms. The van der Waals surface area contributed by atoms with E-state index in [0.717, 1.165) is 0 Å². The standard InChI is InChI=1S/C4H4S.C2H2N2O/c1-2-4-5-3-1;1-3-4-2-5-1/h1-4H;1-2H. The number of aromatic nitrogens is 2. The summed E-state index contributed by atoms with van der Waals surface area (Å²) in [4.78, 5) is 0. The molecule has 3 nitrogen and oxygen atoms in total. The van der Waals surface area contributed by atoms with E-state index in [0.29, 0.717) is 0 Å². The van der Waals surface area contributed by atoms with Crippen molar-refractivity contribution in [3.8, 4) is 0 Å². The molecule has 0 radical (unpaired) electrons. The maximum atomic E-state index is 4.36. The molecule has 0 aliphatic rings. The topological polar surface area (TPSA) is 38.9 Å². The molecule has 0 bridgehead atoms. The average molecular weight is 154 g/mol. The van der Waals surface area contributed by atoms with Gasteiger partial charge in [0.2, 0.25) is 12.8 Å². The molecule has 0 N–H and O–H groups in total. The number of hydrogen-bond donors (Lipinski definition) is 0. The van der Waals surface area contributed by atoms with Gasteiger partial charge in [0.1, 0.15) is 0 Å². The first kappa shape index (κ1) is 6.95. The normalized spacial score (nSPS) is 8.00. The predicted molar refractivity (Wildman–Crippen MR) is 38.6 cm³/mol. The molecule has 0 unspecified atom stereocenters. The number of thiophene rings is 1. The van der Waals surface area contributed by atoms with Crippen LogP contribution in [0.4, 0.5) is 0 Å². The molecule has 0 amide bonds. The fraction of sp³-hybridized carbons (Fsp3) is 0. The second-order valence-electron chi connectivity index (χ2n) is 1.37. The van der Waals surface area contributed by atoms with Gasteiger partial charge in [-0.05, 0) is 10.8 Å². The van der Waals surface area contributed by atoms with E-state index < -0.39 is 0 Å². The quantitative estimate of drug-likeness (QED) is 0.581. The van der Waals surface area contributed by atoms with Crippen LogP contribution in [0.15, 0.2) is 40.1 Å². The highest BCUT2D eigenvalue weighted by atomic mass is 32.1. The first-order valence-corrected chi connectivity index (χ1v) is 3.60. The minimum Gasteiger partial charge on any atom is -0.431 e. The van der Waals surface area contributed by atoms with Crippen LogP contribution in [0.2, 0.25) is 0 Å². The largest absolute Gasteiger partial charge is 0.431 e. The van der Waals surface area contributed by atoms with Gasteiger partial charge in [-0.2, -0.15) is 11.3 Å². The lowest BCUT2D eigenvalue weighted by molar-refractivity contribution is 0.553. The lowest BCUT2D eigenvalue weighted by Gasteiger charge is -1.44. The van der Waals surface area contributed by atoms with E-state index in [-0.39, 0.29) is 0 Å². The molecule has 0 aromatic carbocycles. The van der Waals surface area contributed by atoms with Crippen LogP contribution >= 0.6 is 11.3 Å².